The number of ether oxygens (including phenoxy) is 4. The maximum atomic E-state index is 9.49. The second-order valence-electron chi connectivity index (χ2n) is 3.13. The van der Waals surface area contributed by atoms with Crippen LogP contribution < -0.4 is 0 Å². The van der Waals surface area contributed by atoms with Gasteiger partial charge in [0.25, 0.3) is 0 Å². The minimum Gasteiger partial charge on any atom is -0.450 e. The minimum absolute atomic E-state index is 0.0648. The SMILES string of the molecule is C=CCOC(=O)O.C=CCOC(=O)O.CCOCCOCC. The molecule has 22 heavy (non-hydrogen) atoms. The molecule has 0 aromatic heterocycles. The number of hydrogen-bond acceptors (Lipinski definition) is 6. The lowest BCUT2D eigenvalue weighted by Gasteiger charge is -1.99. The van der Waals surface area contributed by atoms with Crippen LogP contribution in [0.3, 0.4) is 0 Å². The first-order valence-corrected chi connectivity index (χ1v) is 6.54. The van der Waals surface area contributed by atoms with Crippen molar-refractivity contribution in [3.63, 3.8) is 0 Å². The maximum absolute atomic E-state index is 9.49. The minimum atomic E-state index is -1.26. The molecule has 0 aromatic carbocycles. The normalized spacial score (nSPS) is 8.27. The van der Waals surface area contributed by atoms with Crippen molar-refractivity contribution >= 4 is 12.3 Å². The van der Waals surface area contributed by atoms with Crippen molar-refractivity contribution < 1.29 is 38.7 Å². The van der Waals surface area contributed by atoms with Gasteiger partial charge in [-0.3, -0.25) is 0 Å². The molecule has 0 saturated heterocycles. The monoisotopic (exact) mass is 322 g/mol. The third-order valence-electron chi connectivity index (χ3n) is 1.43. The zero-order valence-corrected chi connectivity index (χ0v) is 13.2. The summed E-state index contributed by atoms with van der Waals surface area (Å²) in [5, 5.41) is 15.5. The molecule has 0 unspecified atom stereocenters. The highest BCUT2D eigenvalue weighted by atomic mass is 16.7. The molecule has 0 rings (SSSR count). The Morgan fingerprint density at radius 1 is 0.864 bits per heavy atom. The fraction of sp³-hybridized carbons (Fsp3) is 0.571. The molecule has 8 heteroatoms. The number of hydrogen-bond donors (Lipinski definition) is 2. The van der Waals surface area contributed by atoms with Crippen molar-refractivity contribution in [2.45, 2.75) is 13.8 Å². The Hall–Kier alpha value is -2.06. The van der Waals surface area contributed by atoms with Crippen LogP contribution >= 0.6 is 0 Å². The number of carboxylic acid groups (broad SMARTS) is 2. The lowest BCUT2D eigenvalue weighted by Crippen LogP contribution is -2.02. The summed E-state index contributed by atoms with van der Waals surface area (Å²) in [4.78, 5) is 19.0. The highest BCUT2D eigenvalue weighted by molar-refractivity contribution is 5.57. The van der Waals surface area contributed by atoms with E-state index in [4.69, 9.17) is 19.7 Å². The van der Waals surface area contributed by atoms with E-state index >= 15 is 0 Å². The third-order valence-corrected chi connectivity index (χ3v) is 1.43. The van der Waals surface area contributed by atoms with Gasteiger partial charge in [0.1, 0.15) is 13.2 Å². The standard InChI is InChI=1S/C6H14O2.2C4H6O3/c1-3-7-5-6-8-4-2;2*1-2-3-7-4(5)6/h3-6H2,1-2H3;2*2H,1,3H2,(H,5,6). The van der Waals surface area contributed by atoms with Gasteiger partial charge in [-0.25, -0.2) is 9.59 Å². The molecule has 0 radical (unpaired) electrons. The molecule has 0 spiro atoms. The highest BCUT2D eigenvalue weighted by Gasteiger charge is 1.88. The van der Waals surface area contributed by atoms with Crippen LogP contribution in [-0.2, 0) is 18.9 Å². The van der Waals surface area contributed by atoms with Crippen LogP contribution in [0, 0.1) is 0 Å². The Morgan fingerprint density at radius 3 is 1.32 bits per heavy atom. The topological polar surface area (TPSA) is 112 Å². The molecule has 0 aliphatic rings. The van der Waals surface area contributed by atoms with Gasteiger partial charge in [0, 0.05) is 13.2 Å². The van der Waals surface area contributed by atoms with E-state index in [1.165, 1.54) is 12.2 Å². The first kappa shape index (κ1) is 24.9. The van der Waals surface area contributed by atoms with Crippen molar-refractivity contribution in [3.05, 3.63) is 25.3 Å². The van der Waals surface area contributed by atoms with Crippen molar-refractivity contribution in [1.29, 1.82) is 0 Å². The Morgan fingerprint density at radius 2 is 1.18 bits per heavy atom. The van der Waals surface area contributed by atoms with Crippen LogP contribution in [0.2, 0.25) is 0 Å². The Balaban J connectivity index is -0.000000247. The maximum Gasteiger partial charge on any atom is 0.506 e. The summed E-state index contributed by atoms with van der Waals surface area (Å²) in [5.74, 6) is 0. The van der Waals surface area contributed by atoms with Crippen LogP contribution in [0.25, 0.3) is 0 Å². The smallest absolute Gasteiger partial charge is 0.450 e. The Labute approximate surface area is 130 Å². The predicted molar refractivity (Wildman–Crippen MR) is 81.3 cm³/mol. The fourth-order valence-electron chi connectivity index (χ4n) is 0.667. The van der Waals surface area contributed by atoms with E-state index in [9.17, 15) is 9.59 Å². The first-order chi connectivity index (χ1) is 10.5. The summed E-state index contributed by atoms with van der Waals surface area (Å²) in [7, 11) is 0. The highest BCUT2D eigenvalue weighted by Crippen LogP contribution is 1.75. The summed E-state index contributed by atoms with van der Waals surface area (Å²) in [6.07, 6.45) is 0.210. The van der Waals surface area contributed by atoms with Gasteiger partial charge in [-0.05, 0) is 13.8 Å². The van der Waals surface area contributed by atoms with E-state index in [-0.39, 0.29) is 13.2 Å². The van der Waals surface area contributed by atoms with Crippen LogP contribution in [0.15, 0.2) is 25.3 Å². The van der Waals surface area contributed by atoms with Gasteiger partial charge in [-0.15, -0.1) is 0 Å². The quantitative estimate of drug-likeness (QED) is 0.378. The molecule has 0 fully saturated rings. The molecular weight excluding hydrogens is 296 g/mol. The lowest BCUT2D eigenvalue weighted by molar-refractivity contribution is 0.0584. The van der Waals surface area contributed by atoms with Crippen molar-refractivity contribution in [1.82, 2.24) is 0 Å². The number of rotatable bonds is 9. The molecule has 0 amide bonds. The van der Waals surface area contributed by atoms with Gasteiger partial charge in [0.15, 0.2) is 0 Å². The van der Waals surface area contributed by atoms with Crippen LogP contribution in [0.5, 0.6) is 0 Å². The third kappa shape index (κ3) is 43.0. The summed E-state index contributed by atoms with van der Waals surface area (Å²) in [6, 6.07) is 0. The van der Waals surface area contributed by atoms with E-state index in [1.54, 1.807) is 0 Å². The lowest BCUT2D eigenvalue weighted by atomic mass is 10.7. The predicted octanol–water partition coefficient (Wildman–Crippen LogP) is 2.79. The van der Waals surface area contributed by atoms with Gasteiger partial charge >= 0.3 is 12.3 Å². The number of carbonyl (C=O) groups is 2. The zero-order valence-electron chi connectivity index (χ0n) is 13.2. The second-order valence-corrected chi connectivity index (χ2v) is 3.13. The average molecular weight is 322 g/mol. The molecule has 0 saturated carbocycles. The van der Waals surface area contributed by atoms with Gasteiger partial charge in [0.05, 0.1) is 13.2 Å². The van der Waals surface area contributed by atoms with E-state index in [2.05, 4.69) is 22.6 Å². The van der Waals surface area contributed by atoms with Crippen molar-refractivity contribution in [3.8, 4) is 0 Å². The van der Waals surface area contributed by atoms with Crippen molar-refractivity contribution in [2.24, 2.45) is 0 Å². The molecule has 0 aliphatic heterocycles. The van der Waals surface area contributed by atoms with Crippen LogP contribution in [0.1, 0.15) is 13.8 Å². The molecule has 0 aliphatic carbocycles. The van der Waals surface area contributed by atoms with Gasteiger partial charge < -0.3 is 29.2 Å². The van der Waals surface area contributed by atoms with E-state index in [0.717, 1.165) is 26.4 Å². The largest absolute Gasteiger partial charge is 0.506 e. The Kier molecular flexibility index (Phi) is 27.2. The Bertz CT molecular complexity index is 250. The summed E-state index contributed by atoms with van der Waals surface area (Å²) < 4.78 is 18.0. The van der Waals surface area contributed by atoms with Gasteiger partial charge in [-0.1, -0.05) is 25.3 Å². The van der Waals surface area contributed by atoms with Gasteiger partial charge in [-0.2, -0.15) is 0 Å². The molecule has 8 nitrogen and oxygen atoms in total. The van der Waals surface area contributed by atoms with Crippen LogP contribution in [-0.4, -0.2) is 62.2 Å². The first-order valence-electron chi connectivity index (χ1n) is 6.54. The van der Waals surface area contributed by atoms with E-state index in [0.29, 0.717) is 0 Å². The second kappa shape index (κ2) is 24.0. The molecule has 0 heterocycles. The molecule has 0 bridgehead atoms. The van der Waals surface area contributed by atoms with E-state index < -0.39 is 12.3 Å². The van der Waals surface area contributed by atoms with Gasteiger partial charge in [0.2, 0.25) is 0 Å². The molecule has 0 aromatic rings. The summed E-state index contributed by atoms with van der Waals surface area (Å²) in [5.41, 5.74) is 0. The van der Waals surface area contributed by atoms with E-state index in [1.807, 2.05) is 13.8 Å². The zero-order chi connectivity index (χ0) is 17.6. The fourth-order valence-corrected chi connectivity index (χ4v) is 0.667. The summed E-state index contributed by atoms with van der Waals surface area (Å²) in [6.45, 7) is 13.6. The average Bonchev–Trinajstić information content (AvgIpc) is 2.48. The molecule has 2 N–H and O–H groups in total. The summed E-state index contributed by atoms with van der Waals surface area (Å²) >= 11 is 0. The van der Waals surface area contributed by atoms with Crippen molar-refractivity contribution in [2.75, 3.05) is 39.6 Å². The molecular formula is C14H26O8. The van der Waals surface area contributed by atoms with Crippen LogP contribution in [0.4, 0.5) is 9.59 Å². The molecule has 0 atom stereocenters. The molecule has 130 valence electrons.